The predicted molar refractivity (Wildman–Crippen MR) is 64.6 cm³/mol. The largest absolute Gasteiger partial charge is 0.423 e. The summed E-state index contributed by atoms with van der Waals surface area (Å²) in [5, 5.41) is 8.13. The summed E-state index contributed by atoms with van der Waals surface area (Å²) in [6.07, 6.45) is 1.44. The van der Waals surface area contributed by atoms with Crippen molar-refractivity contribution in [3.05, 3.63) is 35.2 Å². The molecule has 0 aliphatic rings. The number of ether oxygens (including phenoxy) is 2. The summed E-state index contributed by atoms with van der Waals surface area (Å²) in [5.41, 5.74) is 0.990. The molecule has 0 unspecified atom stereocenters. The number of benzene rings is 1. The lowest BCUT2D eigenvalue weighted by Gasteiger charge is -2.09. The molecule has 0 aliphatic heterocycles. The van der Waals surface area contributed by atoms with Crippen LogP contribution in [0.5, 0.6) is 0 Å². The van der Waals surface area contributed by atoms with Gasteiger partial charge in [0.05, 0.1) is 4.88 Å². The lowest BCUT2D eigenvalue weighted by Crippen LogP contribution is -2.08. The van der Waals surface area contributed by atoms with Crippen LogP contribution < -0.4 is 0 Å². The topological polar surface area (TPSA) is 59.3 Å². The van der Waals surface area contributed by atoms with Crippen molar-refractivity contribution in [1.29, 1.82) is 5.26 Å². The van der Waals surface area contributed by atoms with Gasteiger partial charge in [-0.3, -0.25) is 0 Å². The van der Waals surface area contributed by atoms with Gasteiger partial charge in [-0.2, -0.15) is 5.26 Å². The summed E-state index contributed by atoms with van der Waals surface area (Å²) < 4.78 is 9.05. The van der Waals surface area contributed by atoms with E-state index in [4.69, 9.17) is 10.00 Å². The Bertz CT molecular complexity index is 539. The number of carbonyl (C=O) groups excluding carboxylic acids is 1. The molecule has 86 valence electrons. The van der Waals surface area contributed by atoms with Crippen molar-refractivity contribution in [2.75, 3.05) is 6.79 Å². The summed E-state index contributed by atoms with van der Waals surface area (Å²) in [5.74, 6) is -0.456. The van der Waals surface area contributed by atoms with Crippen LogP contribution in [0.1, 0.15) is 9.67 Å². The number of nitrogens with zero attached hydrogens (tertiary/aromatic N) is 1. The number of esters is 1. The van der Waals surface area contributed by atoms with Crippen molar-refractivity contribution >= 4 is 26.7 Å². The van der Waals surface area contributed by atoms with Crippen molar-refractivity contribution in [2.24, 2.45) is 0 Å². The molecule has 0 atom stereocenters. The average molecular weight is 265 g/mol. The molecule has 0 radical (unpaired) electrons. The van der Waals surface area contributed by atoms with Crippen molar-refractivity contribution in [1.82, 2.24) is 0 Å². The molecule has 0 saturated heterocycles. The molecular weight excluding hydrogens is 258 g/mol. The Morgan fingerprint density at radius 3 is 2.65 bits per heavy atom. The van der Waals surface area contributed by atoms with Crippen LogP contribution in [0.4, 0.5) is 0 Å². The van der Waals surface area contributed by atoms with Gasteiger partial charge in [-0.25, -0.2) is 4.79 Å². The van der Waals surface area contributed by atoms with Crippen LogP contribution in [0.15, 0.2) is 30.3 Å². The van der Waals surface area contributed by atoms with Gasteiger partial charge >= 0.3 is 5.97 Å². The maximum absolute atomic E-state index is 11.6. The lowest BCUT2D eigenvalue weighted by atomic mass is 10.2. The van der Waals surface area contributed by atoms with Crippen LogP contribution in [0.2, 0.25) is 0 Å². The zero-order chi connectivity index (χ0) is 12.1. The van der Waals surface area contributed by atoms with Gasteiger partial charge in [-0.05, 0) is 5.56 Å². The van der Waals surface area contributed by atoms with E-state index in [2.05, 4.69) is 4.74 Å². The highest BCUT2D eigenvalue weighted by molar-refractivity contribution is 7.74. The fourth-order valence-corrected chi connectivity index (χ4v) is 3.25. The molecule has 4 nitrogen and oxygen atoms in total. The summed E-state index contributed by atoms with van der Waals surface area (Å²) in [6, 6.07) is 9.60. The van der Waals surface area contributed by atoms with E-state index in [9.17, 15) is 4.79 Å². The van der Waals surface area contributed by atoms with Crippen LogP contribution in [-0.2, 0) is 9.47 Å². The Morgan fingerprint density at radius 1 is 1.29 bits per heavy atom. The van der Waals surface area contributed by atoms with Crippen LogP contribution in [-0.4, -0.2) is 12.8 Å². The minimum atomic E-state index is -0.456. The molecule has 0 bridgehead atoms. The monoisotopic (exact) mass is 265 g/mol. The van der Waals surface area contributed by atoms with Gasteiger partial charge in [-0.1, -0.05) is 51.0 Å². The summed E-state index contributed by atoms with van der Waals surface area (Å²) in [4.78, 5) is 13.0. The molecule has 1 aromatic heterocycles. The first-order chi connectivity index (χ1) is 8.33. The second-order valence-corrected chi connectivity index (χ2v) is 5.13. The zero-order valence-corrected chi connectivity index (χ0v) is 10.2. The van der Waals surface area contributed by atoms with Gasteiger partial charge < -0.3 is 9.47 Å². The van der Waals surface area contributed by atoms with E-state index in [0.717, 1.165) is 10.4 Å². The first-order valence-electron chi connectivity index (χ1n) is 4.65. The lowest BCUT2D eigenvalue weighted by molar-refractivity contribution is 0.00580. The van der Waals surface area contributed by atoms with E-state index in [0.29, 0.717) is 4.88 Å². The normalized spacial score (nSPS) is 9.59. The predicted octanol–water partition coefficient (Wildman–Crippen LogP) is 3.09. The summed E-state index contributed by atoms with van der Waals surface area (Å²) in [7, 11) is 2.88. The molecule has 0 spiro atoms. The van der Waals surface area contributed by atoms with Crippen LogP contribution in [0.3, 0.4) is 0 Å². The van der Waals surface area contributed by atoms with Crippen LogP contribution >= 0.6 is 20.7 Å². The highest BCUT2D eigenvalue weighted by atomic mass is 32.9. The van der Waals surface area contributed by atoms with Gasteiger partial charge in [0.1, 0.15) is 4.88 Å². The zero-order valence-electron chi connectivity index (χ0n) is 8.58. The second-order valence-electron chi connectivity index (χ2n) is 2.98. The molecule has 1 aromatic carbocycles. The molecule has 6 heteroatoms. The molecule has 0 amide bonds. The number of nitriles is 1. The maximum Gasteiger partial charge on any atom is 0.353 e. The van der Waals surface area contributed by atoms with Gasteiger partial charge in [-0.15, -0.1) is 0 Å². The Labute approximate surface area is 105 Å². The molecule has 0 N–H and O–H groups in total. The van der Waals surface area contributed by atoms with Crippen LogP contribution in [0, 0.1) is 11.5 Å². The van der Waals surface area contributed by atoms with Crippen molar-refractivity contribution in [3.63, 3.8) is 0 Å². The van der Waals surface area contributed by atoms with Gasteiger partial charge in [0, 0.05) is 0 Å². The number of rotatable bonds is 4. The number of hydrogen-bond acceptors (Lipinski definition) is 6. The highest BCUT2D eigenvalue weighted by Crippen LogP contribution is 2.38. The Kier molecular flexibility index (Phi) is 3.75. The average Bonchev–Trinajstić information content (AvgIpc) is 2.29. The van der Waals surface area contributed by atoms with Gasteiger partial charge in [0.2, 0.25) is 6.79 Å². The maximum atomic E-state index is 11.6. The first kappa shape index (κ1) is 11.6. The SMILES string of the molecule is N#COCOC(=O)c1ssc1-c1ccccc1. The fourth-order valence-electron chi connectivity index (χ4n) is 1.20. The van der Waals surface area contributed by atoms with E-state index in [1.165, 1.54) is 26.9 Å². The molecule has 17 heavy (non-hydrogen) atoms. The van der Waals surface area contributed by atoms with E-state index < -0.39 is 5.97 Å². The number of hydrogen-bond donors (Lipinski definition) is 0. The molecule has 2 aromatic rings. The summed E-state index contributed by atoms with van der Waals surface area (Å²) in [6.45, 7) is -0.341. The quantitative estimate of drug-likeness (QED) is 0.280. The fraction of sp³-hybridized carbons (Fsp3) is 0.0909. The van der Waals surface area contributed by atoms with E-state index >= 15 is 0 Å². The van der Waals surface area contributed by atoms with E-state index in [1.54, 1.807) is 0 Å². The van der Waals surface area contributed by atoms with Crippen molar-refractivity contribution in [2.45, 2.75) is 0 Å². The molecule has 0 aliphatic carbocycles. The third-order valence-electron chi connectivity index (χ3n) is 1.95. The van der Waals surface area contributed by atoms with Crippen LogP contribution in [0.25, 0.3) is 10.4 Å². The summed E-state index contributed by atoms with van der Waals surface area (Å²) >= 11 is 0. The first-order valence-corrected chi connectivity index (χ1v) is 6.80. The molecule has 0 fully saturated rings. The smallest absolute Gasteiger partial charge is 0.353 e. The minimum Gasteiger partial charge on any atom is -0.423 e. The van der Waals surface area contributed by atoms with Gasteiger partial charge in [0.15, 0.2) is 0 Å². The van der Waals surface area contributed by atoms with E-state index in [-0.39, 0.29) is 6.79 Å². The second kappa shape index (κ2) is 5.48. The Morgan fingerprint density at radius 2 is 2.06 bits per heavy atom. The van der Waals surface area contributed by atoms with Crippen molar-refractivity contribution < 1.29 is 14.3 Å². The molecular formula is C11H7NO3S2. The van der Waals surface area contributed by atoms with E-state index in [1.807, 2.05) is 30.3 Å². The molecule has 1 heterocycles. The van der Waals surface area contributed by atoms with Gasteiger partial charge in [0.25, 0.3) is 6.26 Å². The Hall–Kier alpha value is -1.84. The minimum absolute atomic E-state index is 0.341. The standard InChI is InChI=1S/C11H7NO3S2/c12-6-14-7-15-11(13)10-9(16-17-10)8-4-2-1-3-5-8/h1-5H,7H2. The Balaban J connectivity index is 2.06. The van der Waals surface area contributed by atoms with Crippen molar-refractivity contribution in [3.8, 4) is 16.7 Å². The third kappa shape index (κ3) is 2.64. The number of carbonyl (C=O) groups is 1. The third-order valence-corrected chi connectivity index (χ3v) is 4.56. The highest BCUT2D eigenvalue weighted by Gasteiger charge is 2.19. The molecule has 2 rings (SSSR count). The molecule has 0 saturated carbocycles.